The van der Waals surface area contributed by atoms with Crippen LogP contribution in [-0.4, -0.2) is 5.91 Å². The Morgan fingerprint density at radius 2 is 1.71 bits per heavy atom. The highest BCUT2D eigenvalue weighted by Crippen LogP contribution is 2.17. The number of carbonyl (C=O) groups excluding carboxylic acids is 1. The lowest BCUT2D eigenvalue weighted by molar-refractivity contribution is -0.121. The van der Waals surface area contributed by atoms with Crippen molar-refractivity contribution in [2.24, 2.45) is 0 Å². The number of benzene rings is 2. The van der Waals surface area contributed by atoms with Crippen LogP contribution < -0.4 is 5.32 Å². The quantitative estimate of drug-likeness (QED) is 0.845. The van der Waals surface area contributed by atoms with Gasteiger partial charge in [0.2, 0.25) is 5.91 Å². The van der Waals surface area contributed by atoms with E-state index in [2.05, 4.69) is 55.6 Å². The van der Waals surface area contributed by atoms with Gasteiger partial charge in [-0.05, 0) is 30.9 Å². The molecule has 2 aromatic carbocycles. The minimum absolute atomic E-state index is 0.105. The first-order valence-corrected chi connectivity index (χ1v) is 7.59. The summed E-state index contributed by atoms with van der Waals surface area (Å²) in [6.07, 6.45) is 2.23. The summed E-state index contributed by atoms with van der Waals surface area (Å²) < 4.78 is 0. The van der Waals surface area contributed by atoms with E-state index in [1.54, 1.807) is 0 Å². The number of carbonyl (C=O) groups is 1. The third-order valence-electron chi connectivity index (χ3n) is 3.71. The Balaban J connectivity index is 1.89. The number of rotatable bonds is 6. The van der Waals surface area contributed by atoms with Crippen LogP contribution in [0.25, 0.3) is 0 Å². The molecule has 0 spiro atoms. The Kier molecular flexibility index (Phi) is 5.56. The van der Waals surface area contributed by atoms with Crippen molar-refractivity contribution < 1.29 is 4.79 Å². The van der Waals surface area contributed by atoms with Gasteiger partial charge >= 0.3 is 0 Å². The largest absolute Gasteiger partial charge is 0.349 e. The van der Waals surface area contributed by atoms with Gasteiger partial charge in [0.15, 0.2) is 0 Å². The Morgan fingerprint density at radius 3 is 2.33 bits per heavy atom. The molecule has 0 saturated carbocycles. The summed E-state index contributed by atoms with van der Waals surface area (Å²) in [5, 5.41) is 3.13. The summed E-state index contributed by atoms with van der Waals surface area (Å²) in [6, 6.07) is 18.6. The predicted molar refractivity (Wildman–Crippen MR) is 87.1 cm³/mol. The molecule has 110 valence electrons. The predicted octanol–water partition coefficient (Wildman–Crippen LogP) is 4.20. The number of amides is 1. The molecule has 2 aromatic rings. The third kappa shape index (κ3) is 4.75. The molecule has 2 nitrogen and oxygen atoms in total. The van der Waals surface area contributed by atoms with Crippen LogP contribution in [0.3, 0.4) is 0 Å². The highest BCUT2D eigenvalue weighted by molar-refractivity contribution is 5.76. The van der Waals surface area contributed by atoms with E-state index < -0.39 is 0 Å². The first-order chi connectivity index (χ1) is 10.2. The summed E-state index contributed by atoms with van der Waals surface area (Å²) in [5.74, 6) is 0.117. The molecule has 1 N–H and O–H groups in total. The fraction of sp³-hybridized carbons (Fsp3) is 0.316. The smallest absolute Gasteiger partial charge is 0.220 e. The average Bonchev–Trinajstić information content (AvgIpc) is 2.52. The lowest BCUT2D eigenvalue weighted by Gasteiger charge is -2.17. The highest BCUT2D eigenvalue weighted by atomic mass is 16.1. The zero-order valence-corrected chi connectivity index (χ0v) is 12.8. The fourth-order valence-electron chi connectivity index (χ4n) is 2.39. The maximum Gasteiger partial charge on any atom is 0.220 e. The average molecular weight is 281 g/mol. The van der Waals surface area contributed by atoms with E-state index in [4.69, 9.17) is 0 Å². The van der Waals surface area contributed by atoms with Crippen LogP contribution in [0.15, 0.2) is 54.6 Å². The van der Waals surface area contributed by atoms with Crippen molar-refractivity contribution in [2.75, 3.05) is 0 Å². The minimum atomic E-state index is 0.105. The van der Waals surface area contributed by atoms with Crippen LogP contribution in [0.5, 0.6) is 0 Å². The fourth-order valence-corrected chi connectivity index (χ4v) is 2.39. The van der Waals surface area contributed by atoms with Gasteiger partial charge in [0, 0.05) is 6.42 Å². The lowest BCUT2D eigenvalue weighted by Crippen LogP contribution is -2.28. The molecule has 21 heavy (non-hydrogen) atoms. The summed E-state index contributed by atoms with van der Waals surface area (Å²) in [4.78, 5) is 12.1. The van der Waals surface area contributed by atoms with E-state index in [1.807, 2.05) is 18.2 Å². The summed E-state index contributed by atoms with van der Waals surface area (Å²) in [7, 11) is 0. The van der Waals surface area contributed by atoms with E-state index in [-0.39, 0.29) is 11.9 Å². The van der Waals surface area contributed by atoms with Crippen LogP contribution >= 0.6 is 0 Å². The molecule has 0 aliphatic carbocycles. The van der Waals surface area contributed by atoms with Crippen LogP contribution in [0.4, 0.5) is 0 Å². The molecule has 2 rings (SSSR count). The van der Waals surface area contributed by atoms with Gasteiger partial charge in [-0.3, -0.25) is 4.79 Å². The molecule has 0 aliphatic heterocycles. The van der Waals surface area contributed by atoms with E-state index in [0.29, 0.717) is 6.42 Å². The van der Waals surface area contributed by atoms with E-state index in [9.17, 15) is 4.79 Å². The van der Waals surface area contributed by atoms with Gasteiger partial charge in [-0.2, -0.15) is 0 Å². The third-order valence-corrected chi connectivity index (χ3v) is 3.71. The zero-order chi connectivity index (χ0) is 15.1. The van der Waals surface area contributed by atoms with Gasteiger partial charge in [0.1, 0.15) is 0 Å². The maximum atomic E-state index is 12.1. The van der Waals surface area contributed by atoms with Crippen molar-refractivity contribution in [1.29, 1.82) is 0 Å². The van der Waals surface area contributed by atoms with Gasteiger partial charge in [-0.25, -0.2) is 0 Å². The topological polar surface area (TPSA) is 29.1 Å². The number of hydrogen-bond acceptors (Lipinski definition) is 1. The highest BCUT2D eigenvalue weighted by Gasteiger charge is 2.12. The second kappa shape index (κ2) is 7.63. The molecule has 0 heterocycles. The first-order valence-electron chi connectivity index (χ1n) is 7.59. The Labute approximate surface area is 127 Å². The van der Waals surface area contributed by atoms with Gasteiger partial charge in [-0.15, -0.1) is 0 Å². The molecule has 2 heteroatoms. The Morgan fingerprint density at radius 1 is 1.05 bits per heavy atom. The molecule has 0 aliphatic rings. The van der Waals surface area contributed by atoms with Crippen molar-refractivity contribution in [3.05, 3.63) is 71.3 Å². The second-order valence-corrected chi connectivity index (χ2v) is 5.42. The minimum Gasteiger partial charge on any atom is -0.349 e. The monoisotopic (exact) mass is 281 g/mol. The van der Waals surface area contributed by atoms with Crippen LogP contribution in [0.1, 0.15) is 42.5 Å². The van der Waals surface area contributed by atoms with E-state index in [1.165, 1.54) is 16.7 Å². The van der Waals surface area contributed by atoms with Gasteiger partial charge in [0.05, 0.1) is 6.04 Å². The second-order valence-electron chi connectivity index (χ2n) is 5.42. The normalized spacial score (nSPS) is 11.9. The van der Waals surface area contributed by atoms with Crippen molar-refractivity contribution >= 4 is 5.91 Å². The summed E-state index contributed by atoms with van der Waals surface area (Å²) >= 11 is 0. The van der Waals surface area contributed by atoms with Crippen LogP contribution in [0.2, 0.25) is 0 Å². The molecule has 0 bridgehead atoms. The molecule has 1 unspecified atom stereocenters. The summed E-state index contributed by atoms with van der Waals surface area (Å²) in [5.41, 5.74) is 3.62. The molecular formula is C19H23NO. The first kappa shape index (κ1) is 15.3. The summed E-state index contributed by atoms with van der Waals surface area (Å²) in [6.45, 7) is 4.17. The van der Waals surface area contributed by atoms with Crippen molar-refractivity contribution in [3.8, 4) is 0 Å². The number of aryl methyl sites for hydroxylation is 2. The number of hydrogen-bond donors (Lipinski definition) is 1. The standard InChI is InChI=1S/C19H23NO/c1-3-18(17-12-9-15(2)10-13-17)20-19(21)14-11-16-7-5-4-6-8-16/h4-10,12-13,18H,3,11,14H2,1-2H3,(H,20,21). The van der Waals surface area contributed by atoms with Gasteiger partial charge in [-0.1, -0.05) is 67.1 Å². The van der Waals surface area contributed by atoms with Crippen molar-refractivity contribution in [3.63, 3.8) is 0 Å². The van der Waals surface area contributed by atoms with Crippen LogP contribution in [-0.2, 0) is 11.2 Å². The lowest BCUT2D eigenvalue weighted by atomic mass is 10.0. The van der Waals surface area contributed by atoms with Crippen LogP contribution in [0, 0.1) is 6.92 Å². The Hall–Kier alpha value is -2.09. The SMILES string of the molecule is CCC(NC(=O)CCc1ccccc1)c1ccc(C)cc1. The molecular weight excluding hydrogens is 258 g/mol. The van der Waals surface area contributed by atoms with Gasteiger partial charge in [0.25, 0.3) is 0 Å². The molecule has 0 saturated heterocycles. The Bertz CT molecular complexity index is 560. The maximum absolute atomic E-state index is 12.1. The van der Waals surface area contributed by atoms with Crippen molar-refractivity contribution in [2.45, 2.75) is 39.2 Å². The van der Waals surface area contributed by atoms with Crippen molar-refractivity contribution in [1.82, 2.24) is 5.32 Å². The molecule has 0 radical (unpaired) electrons. The molecule has 1 amide bonds. The molecule has 0 aromatic heterocycles. The van der Waals surface area contributed by atoms with E-state index >= 15 is 0 Å². The number of nitrogens with one attached hydrogen (secondary N) is 1. The van der Waals surface area contributed by atoms with Gasteiger partial charge < -0.3 is 5.32 Å². The van der Waals surface area contributed by atoms with E-state index in [0.717, 1.165) is 12.8 Å². The molecule has 0 fully saturated rings. The molecule has 1 atom stereocenters. The zero-order valence-electron chi connectivity index (χ0n) is 12.8.